The van der Waals surface area contributed by atoms with Gasteiger partial charge in [0.25, 0.3) is 0 Å². The number of ketones is 1. The van der Waals surface area contributed by atoms with Gasteiger partial charge in [-0.05, 0) is 68.1 Å². The van der Waals surface area contributed by atoms with Crippen LogP contribution in [0.3, 0.4) is 0 Å². The van der Waals surface area contributed by atoms with E-state index in [1.165, 1.54) is 5.71 Å². The van der Waals surface area contributed by atoms with Crippen LogP contribution < -0.4 is 5.73 Å². The smallest absolute Gasteiger partial charge is 0.328 e. The molecule has 0 amide bonds. The van der Waals surface area contributed by atoms with E-state index in [0.717, 1.165) is 57.1 Å². The van der Waals surface area contributed by atoms with E-state index in [4.69, 9.17) is 25.6 Å². The van der Waals surface area contributed by atoms with Gasteiger partial charge in [0.1, 0.15) is 19.5 Å². The monoisotopic (exact) mass is 505 g/mol. The van der Waals surface area contributed by atoms with Crippen molar-refractivity contribution in [2.75, 3.05) is 20.3 Å². The lowest BCUT2D eigenvalue weighted by Crippen LogP contribution is -2.57. The predicted molar refractivity (Wildman–Crippen MR) is 133 cm³/mol. The number of fused-ring (bicyclic) bond motifs is 5. The van der Waals surface area contributed by atoms with Gasteiger partial charge < -0.3 is 25.6 Å². The van der Waals surface area contributed by atoms with Crippen molar-refractivity contribution in [1.29, 1.82) is 0 Å². The molecule has 0 aromatic carbocycles. The normalized spacial score (nSPS) is 37.5. The number of rotatable bonds is 6. The average Bonchev–Trinajstić information content (AvgIpc) is 3.13. The first-order chi connectivity index (χ1) is 17.1. The SMILES string of the molecule is CO/N=C1\CC2C/C(=N\OCCN)CC[C@]2(C)[C@H]2CC[C@]3(C)C(=O)CC[C@H]3[C@H]12.O=C(O)/C=C/C(=O)O. The maximum atomic E-state index is 12.7. The van der Waals surface area contributed by atoms with E-state index < -0.39 is 11.9 Å². The number of oxime groups is 2. The third-order valence-corrected chi connectivity index (χ3v) is 9.01. The highest BCUT2D eigenvalue weighted by Gasteiger charge is 2.62. The Labute approximate surface area is 211 Å². The number of carboxylic acid groups (broad SMARTS) is 2. The zero-order valence-corrected chi connectivity index (χ0v) is 21.4. The first-order valence-corrected chi connectivity index (χ1v) is 12.7. The van der Waals surface area contributed by atoms with Gasteiger partial charge in [-0.1, -0.05) is 24.2 Å². The lowest BCUT2D eigenvalue weighted by Gasteiger charge is -2.59. The summed E-state index contributed by atoms with van der Waals surface area (Å²) in [5.41, 5.74) is 7.97. The average molecular weight is 506 g/mol. The second kappa shape index (κ2) is 11.5. The van der Waals surface area contributed by atoms with Crippen molar-refractivity contribution in [2.24, 2.45) is 50.5 Å². The van der Waals surface area contributed by atoms with Gasteiger partial charge in [0.2, 0.25) is 0 Å². The van der Waals surface area contributed by atoms with Crippen LogP contribution in [0.25, 0.3) is 0 Å². The van der Waals surface area contributed by atoms with E-state index in [0.29, 0.717) is 54.8 Å². The molecule has 0 aliphatic heterocycles. The Morgan fingerprint density at radius 1 is 1.06 bits per heavy atom. The number of Topliss-reactive ketones (excluding diaryl/α,β-unsaturated/α-hetero) is 1. The maximum absolute atomic E-state index is 12.7. The molecule has 0 saturated heterocycles. The molecule has 4 fully saturated rings. The van der Waals surface area contributed by atoms with Crippen molar-refractivity contribution in [3.05, 3.63) is 12.2 Å². The highest BCUT2D eigenvalue weighted by Crippen LogP contribution is 2.64. The molecule has 0 spiro atoms. The molecule has 0 bridgehead atoms. The Morgan fingerprint density at radius 3 is 2.36 bits per heavy atom. The minimum Gasteiger partial charge on any atom is -0.478 e. The van der Waals surface area contributed by atoms with E-state index in [1.807, 2.05) is 0 Å². The standard InChI is InChI=1S/C22H35N3O3.C4H4O4/c1-21-8-6-15(24-28-11-10-23)12-14(21)13-18(25-27-3)20-16-4-5-19(26)22(16,2)9-7-17(20)21;5-3(6)1-2-4(7)8/h14,16-17,20H,4-13,23H2,1-3H3;1-2H,(H,5,6)(H,7,8)/b24-15-,25-18+;2-1+/t14?,16-,17-,20-,21-,22-;/m0./s1. The van der Waals surface area contributed by atoms with E-state index in [-0.39, 0.29) is 10.8 Å². The lowest BCUT2D eigenvalue weighted by atomic mass is 9.45. The Kier molecular flexibility index (Phi) is 8.92. The number of carbonyl (C=O) groups excluding carboxylic acids is 1. The summed E-state index contributed by atoms with van der Waals surface area (Å²) in [5, 5.41) is 24.5. The first kappa shape index (κ1) is 27.8. The van der Waals surface area contributed by atoms with Crippen molar-refractivity contribution in [2.45, 2.75) is 65.2 Å². The molecule has 200 valence electrons. The minimum atomic E-state index is -1.26. The van der Waals surface area contributed by atoms with E-state index >= 15 is 0 Å². The summed E-state index contributed by atoms with van der Waals surface area (Å²) in [5.74, 6) is -0.143. The van der Waals surface area contributed by atoms with Crippen LogP contribution in [0.5, 0.6) is 0 Å². The van der Waals surface area contributed by atoms with Crippen molar-refractivity contribution in [3.63, 3.8) is 0 Å². The number of nitrogens with two attached hydrogens (primary N) is 1. The molecule has 4 saturated carbocycles. The molecule has 1 unspecified atom stereocenters. The fraction of sp³-hybridized carbons (Fsp3) is 0.731. The number of carbonyl (C=O) groups is 3. The molecule has 4 rings (SSSR count). The number of nitrogens with zero attached hydrogens (tertiary/aromatic N) is 2. The fourth-order valence-corrected chi connectivity index (χ4v) is 7.17. The van der Waals surface area contributed by atoms with Gasteiger partial charge >= 0.3 is 11.9 Å². The van der Waals surface area contributed by atoms with Gasteiger partial charge in [0.15, 0.2) is 0 Å². The topological polar surface area (TPSA) is 161 Å². The predicted octanol–water partition coefficient (Wildman–Crippen LogP) is 3.25. The molecule has 10 heteroatoms. The van der Waals surface area contributed by atoms with E-state index in [1.54, 1.807) is 7.11 Å². The van der Waals surface area contributed by atoms with Crippen LogP contribution >= 0.6 is 0 Å². The summed E-state index contributed by atoms with van der Waals surface area (Å²) < 4.78 is 0. The van der Waals surface area contributed by atoms with Crippen LogP contribution in [0.4, 0.5) is 0 Å². The van der Waals surface area contributed by atoms with Crippen LogP contribution in [-0.2, 0) is 24.1 Å². The second-order valence-electron chi connectivity index (χ2n) is 10.8. The van der Waals surface area contributed by atoms with E-state index in [9.17, 15) is 14.4 Å². The molecular weight excluding hydrogens is 466 g/mol. The largest absolute Gasteiger partial charge is 0.478 e. The zero-order valence-electron chi connectivity index (χ0n) is 21.4. The van der Waals surface area contributed by atoms with Crippen LogP contribution in [0.15, 0.2) is 22.5 Å². The summed E-state index contributed by atoms with van der Waals surface area (Å²) in [6.45, 7) is 5.66. The van der Waals surface area contributed by atoms with Crippen LogP contribution in [0.2, 0.25) is 0 Å². The molecule has 36 heavy (non-hydrogen) atoms. The number of hydrogen-bond donors (Lipinski definition) is 3. The molecule has 0 aromatic heterocycles. The third-order valence-electron chi connectivity index (χ3n) is 9.01. The first-order valence-electron chi connectivity index (χ1n) is 12.7. The van der Waals surface area contributed by atoms with Gasteiger partial charge in [0, 0.05) is 36.5 Å². The summed E-state index contributed by atoms with van der Waals surface area (Å²) in [4.78, 5) is 42.5. The van der Waals surface area contributed by atoms with Gasteiger partial charge in [0.05, 0.1) is 11.4 Å². The third kappa shape index (κ3) is 5.63. The summed E-state index contributed by atoms with van der Waals surface area (Å²) in [6.07, 6.45) is 9.07. The fourth-order valence-electron chi connectivity index (χ4n) is 7.17. The molecule has 4 aliphatic rings. The number of hydrogen-bond acceptors (Lipinski definition) is 8. The molecule has 10 nitrogen and oxygen atoms in total. The van der Waals surface area contributed by atoms with Crippen molar-refractivity contribution < 1.29 is 34.3 Å². The lowest BCUT2D eigenvalue weighted by molar-refractivity contribution is -0.134. The molecule has 6 atom stereocenters. The Balaban J connectivity index is 0.000000392. The summed E-state index contributed by atoms with van der Waals surface area (Å²) in [6, 6.07) is 0. The molecular formula is C26H39N3O7. The molecule has 0 heterocycles. The minimum absolute atomic E-state index is 0.157. The van der Waals surface area contributed by atoms with Crippen molar-refractivity contribution in [1.82, 2.24) is 0 Å². The molecule has 4 aliphatic carbocycles. The molecule has 4 N–H and O–H groups in total. The highest BCUT2D eigenvalue weighted by molar-refractivity contribution is 5.94. The maximum Gasteiger partial charge on any atom is 0.328 e. The Hall–Kier alpha value is -2.75. The van der Waals surface area contributed by atoms with Crippen LogP contribution in [0, 0.1) is 34.5 Å². The highest BCUT2D eigenvalue weighted by atomic mass is 16.6. The number of carboxylic acids is 2. The quantitative estimate of drug-likeness (QED) is 0.282. The van der Waals surface area contributed by atoms with Crippen molar-refractivity contribution >= 4 is 29.1 Å². The van der Waals surface area contributed by atoms with Gasteiger partial charge in [-0.3, -0.25) is 4.79 Å². The Bertz CT molecular complexity index is 930. The van der Waals surface area contributed by atoms with Crippen molar-refractivity contribution in [3.8, 4) is 0 Å². The second-order valence-corrected chi connectivity index (χ2v) is 10.8. The van der Waals surface area contributed by atoms with Gasteiger partial charge in [-0.25, -0.2) is 9.59 Å². The molecule has 0 aromatic rings. The summed E-state index contributed by atoms with van der Waals surface area (Å²) in [7, 11) is 1.64. The number of aliphatic carboxylic acids is 2. The van der Waals surface area contributed by atoms with Gasteiger partial charge in [-0.15, -0.1) is 0 Å². The molecule has 0 radical (unpaired) electrons. The van der Waals surface area contributed by atoms with Gasteiger partial charge in [-0.2, -0.15) is 0 Å². The Morgan fingerprint density at radius 2 is 1.75 bits per heavy atom. The zero-order chi connectivity index (χ0) is 26.5. The van der Waals surface area contributed by atoms with E-state index in [2.05, 4.69) is 24.2 Å². The van der Waals surface area contributed by atoms with Crippen LogP contribution in [-0.4, -0.2) is 59.6 Å². The van der Waals surface area contributed by atoms with Crippen LogP contribution in [0.1, 0.15) is 65.2 Å². The summed E-state index contributed by atoms with van der Waals surface area (Å²) >= 11 is 0.